The van der Waals surface area contributed by atoms with Gasteiger partial charge in [0, 0.05) is 31.0 Å². The van der Waals surface area contributed by atoms with Gasteiger partial charge in [0.15, 0.2) is 0 Å². The van der Waals surface area contributed by atoms with Crippen LogP contribution in [0, 0.1) is 6.92 Å². The summed E-state index contributed by atoms with van der Waals surface area (Å²) in [5.41, 5.74) is 4.90. The SMILES string of the molecule is Cc1cc(-c2ccc(C(C)N3CCOCC3)cc2)ccn1. The third-order valence-corrected chi connectivity index (χ3v) is 4.22. The summed E-state index contributed by atoms with van der Waals surface area (Å²) in [6, 6.07) is 13.5. The van der Waals surface area contributed by atoms with Crippen molar-refractivity contribution in [2.75, 3.05) is 26.3 Å². The van der Waals surface area contributed by atoms with E-state index in [4.69, 9.17) is 4.74 Å². The number of aryl methyl sites for hydroxylation is 1. The van der Waals surface area contributed by atoms with Gasteiger partial charge in [0.25, 0.3) is 0 Å². The molecule has 1 saturated heterocycles. The van der Waals surface area contributed by atoms with Gasteiger partial charge in [-0.1, -0.05) is 24.3 Å². The largest absolute Gasteiger partial charge is 0.379 e. The quantitative estimate of drug-likeness (QED) is 0.862. The predicted octanol–water partition coefficient (Wildman–Crippen LogP) is 3.45. The molecule has 3 heteroatoms. The van der Waals surface area contributed by atoms with Crippen LogP contribution in [0.2, 0.25) is 0 Å². The van der Waals surface area contributed by atoms with Gasteiger partial charge in [0.1, 0.15) is 0 Å². The van der Waals surface area contributed by atoms with Crippen LogP contribution in [0.1, 0.15) is 24.2 Å². The van der Waals surface area contributed by atoms with Crippen LogP contribution in [0.4, 0.5) is 0 Å². The molecule has 2 aromatic rings. The molecule has 1 aromatic carbocycles. The Morgan fingerprint density at radius 3 is 2.43 bits per heavy atom. The smallest absolute Gasteiger partial charge is 0.0594 e. The zero-order valence-electron chi connectivity index (χ0n) is 12.7. The minimum absolute atomic E-state index is 0.446. The van der Waals surface area contributed by atoms with Crippen LogP contribution in [0.5, 0.6) is 0 Å². The lowest BCUT2D eigenvalue weighted by Gasteiger charge is -2.32. The molecule has 1 unspecified atom stereocenters. The van der Waals surface area contributed by atoms with E-state index in [2.05, 4.69) is 53.2 Å². The minimum atomic E-state index is 0.446. The molecule has 0 saturated carbocycles. The maximum Gasteiger partial charge on any atom is 0.0594 e. The van der Waals surface area contributed by atoms with E-state index >= 15 is 0 Å². The molecular formula is C18H22N2O. The van der Waals surface area contributed by atoms with Crippen LogP contribution in [0.15, 0.2) is 42.6 Å². The van der Waals surface area contributed by atoms with Crippen LogP contribution in [0.25, 0.3) is 11.1 Å². The van der Waals surface area contributed by atoms with Crippen molar-refractivity contribution in [2.45, 2.75) is 19.9 Å². The second-order valence-electron chi connectivity index (χ2n) is 5.63. The number of pyridine rings is 1. The van der Waals surface area contributed by atoms with Crippen LogP contribution in [-0.2, 0) is 4.74 Å². The summed E-state index contributed by atoms with van der Waals surface area (Å²) in [5, 5.41) is 0. The molecule has 3 rings (SSSR count). The highest BCUT2D eigenvalue weighted by Gasteiger charge is 2.18. The molecule has 1 fully saturated rings. The number of hydrogen-bond donors (Lipinski definition) is 0. The van der Waals surface area contributed by atoms with Gasteiger partial charge < -0.3 is 4.74 Å². The maximum atomic E-state index is 5.43. The van der Waals surface area contributed by atoms with E-state index in [1.165, 1.54) is 16.7 Å². The fraction of sp³-hybridized carbons (Fsp3) is 0.389. The summed E-state index contributed by atoms with van der Waals surface area (Å²) >= 11 is 0. The third-order valence-electron chi connectivity index (χ3n) is 4.22. The number of benzene rings is 1. The van der Waals surface area contributed by atoms with E-state index in [1.54, 1.807) is 0 Å². The second kappa shape index (κ2) is 6.37. The summed E-state index contributed by atoms with van der Waals surface area (Å²) in [5.74, 6) is 0. The average molecular weight is 282 g/mol. The first-order chi connectivity index (χ1) is 10.2. The predicted molar refractivity (Wildman–Crippen MR) is 85.2 cm³/mol. The Kier molecular flexibility index (Phi) is 4.32. The number of ether oxygens (including phenoxy) is 1. The van der Waals surface area contributed by atoms with Crippen molar-refractivity contribution in [1.29, 1.82) is 0 Å². The van der Waals surface area contributed by atoms with Crippen molar-refractivity contribution in [2.24, 2.45) is 0 Å². The molecular weight excluding hydrogens is 260 g/mol. The number of morpholine rings is 1. The lowest BCUT2D eigenvalue weighted by Crippen LogP contribution is -2.37. The first kappa shape index (κ1) is 14.2. The molecule has 110 valence electrons. The highest BCUT2D eigenvalue weighted by molar-refractivity contribution is 5.63. The third kappa shape index (κ3) is 3.31. The van der Waals surface area contributed by atoms with Gasteiger partial charge in [-0.15, -0.1) is 0 Å². The van der Waals surface area contributed by atoms with E-state index in [9.17, 15) is 0 Å². The second-order valence-corrected chi connectivity index (χ2v) is 5.63. The molecule has 0 amide bonds. The standard InChI is InChI=1S/C18H22N2O/c1-14-13-18(7-8-19-14)17-5-3-16(4-6-17)15(2)20-9-11-21-12-10-20/h3-8,13,15H,9-12H2,1-2H3. The van der Waals surface area contributed by atoms with Gasteiger partial charge in [-0.3, -0.25) is 9.88 Å². The molecule has 1 aliphatic heterocycles. The maximum absolute atomic E-state index is 5.43. The lowest BCUT2D eigenvalue weighted by atomic mass is 10.0. The topological polar surface area (TPSA) is 25.4 Å². The highest BCUT2D eigenvalue weighted by atomic mass is 16.5. The summed E-state index contributed by atoms with van der Waals surface area (Å²) in [6.07, 6.45) is 1.87. The Labute approximate surface area is 126 Å². The zero-order valence-corrected chi connectivity index (χ0v) is 12.7. The van der Waals surface area contributed by atoms with E-state index in [1.807, 2.05) is 13.1 Å². The summed E-state index contributed by atoms with van der Waals surface area (Å²) in [7, 11) is 0. The molecule has 2 heterocycles. The molecule has 1 aliphatic rings. The Morgan fingerprint density at radius 2 is 1.76 bits per heavy atom. The summed E-state index contributed by atoms with van der Waals surface area (Å²) < 4.78 is 5.43. The Morgan fingerprint density at radius 1 is 1.05 bits per heavy atom. The van der Waals surface area contributed by atoms with Crippen molar-refractivity contribution >= 4 is 0 Å². The summed E-state index contributed by atoms with van der Waals surface area (Å²) in [6.45, 7) is 8.03. The van der Waals surface area contributed by atoms with E-state index < -0.39 is 0 Å². The van der Waals surface area contributed by atoms with Crippen LogP contribution >= 0.6 is 0 Å². The average Bonchev–Trinajstić information content (AvgIpc) is 2.55. The zero-order chi connectivity index (χ0) is 14.7. The number of aromatic nitrogens is 1. The van der Waals surface area contributed by atoms with Crippen molar-refractivity contribution in [3.63, 3.8) is 0 Å². The molecule has 1 atom stereocenters. The van der Waals surface area contributed by atoms with Gasteiger partial charge in [0.2, 0.25) is 0 Å². The molecule has 3 nitrogen and oxygen atoms in total. The van der Waals surface area contributed by atoms with Gasteiger partial charge in [0.05, 0.1) is 13.2 Å². The van der Waals surface area contributed by atoms with E-state index in [0.717, 1.165) is 32.0 Å². The van der Waals surface area contributed by atoms with Gasteiger partial charge in [-0.25, -0.2) is 0 Å². The Bertz CT molecular complexity index is 588. The fourth-order valence-electron chi connectivity index (χ4n) is 2.85. The first-order valence-corrected chi connectivity index (χ1v) is 7.59. The molecule has 1 aromatic heterocycles. The summed E-state index contributed by atoms with van der Waals surface area (Å²) in [4.78, 5) is 6.74. The normalized spacial score (nSPS) is 17.6. The number of nitrogens with zero attached hydrogens (tertiary/aromatic N) is 2. The monoisotopic (exact) mass is 282 g/mol. The van der Waals surface area contributed by atoms with Crippen molar-refractivity contribution < 1.29 is 4.74 Å². The highest BCUT2D eigenvalue weighted by Crippen LogP contribution is 2.25. The van der Waals surface area contributed by atoms with Crippen LogP contribution in [0.3, 0.4) is 0 Å². The van der Waals surface area contributed by atoms with Crippen molar-refractivity contribution in [3.05, 3.63) is 53.9 Å². The number of rotatable bonds is 3. The number of hydrogen-bond acceptors (Lipinski definition) is 3. The molecule has 0 N–H and O–H groups in total. The first-order valence-electron chi connectivity index (χ1n) is 7.59. The Hall–Kier alpha value is -1.71. The molecule has 0 spiro atoms. The van der Waals surface area contributed by atoms with E-state index in [-0.39, 0.29) is 0 Å². The van der Waals surface area contributed by atoms with Gasteiger partial charge in [-0.2, -0.15) is 0 Å². The Balaban J connectivity index is 1.77. The van der Waals surface area contributed by atoms with E-state index in [0.29, 0.717) is 6.04 Å². The van der Waals surface area contributed by atoms with Gasteiger partial charge >= 0.3 is 0 Å². The lowest BCUT2D eigenvalue weighted by molar-refractivity contribution is 0.0198. The van der Waals surface area contributed by atoms with Gasteiger partial charge in [-0.05, 0) is 42.7 Å². The fourth-order valence-corrected chi connectivity index (χ4v) is 2.85. The van der Waals surface area contributed by atoms with Crippen molar-refractivity contribution in [1.82, 2.24) is 9.88 Å². The molecule has 0 bridgehead atoms. The van der Waals surface area contributed by atoms with Crippen molar-refractivity contribution in [3.8, 4) is 11.1 Å². The minimum Gasteiger partial charge on any atom is -0.379 e. The van der Waals surface area contributed by atoms with Crippen LogP contribution < -0.4 is 0 Å². The molecule has 0 aliphatic carbocycles. The molecule has 21 heavy (non-hydrogen) atoms. The van der Waals surface area contributed by atoms with Crippen LogP contribution in [-0.4, -0.2) is 36.2 Å². The molecule has 0 radical (unpaired) electrons.